The lowest BCUT2D eigenvalue weighted by atomic mass is 10.1. The van der Waals surface area contributed by atoms with Crippen molar-refractivity contribution in [1.29, 1.82) is 0 Å². The molecule has 0 amide bonds. The van der Waals surface area contributed by atoms with Crippen molar-refractivity contribution in [2.24, 2.45) is 0 Å². The van der Waals surface area contributed by atoms with Crippen molar-refractivity contribution in [3.63, 3.8) is 0 Å². The predicted molar refractivity (Wildman–Crippen MR) is 74.6 cm³/mol. The zero-order chi connectivity index (χ0) is 14.1. The van der Waals surface area contributed by atoms with E-state index < -0.39 is 12.1 Å². The first-order chi connectivity index (χ1) is 9.19. The lowest BCUT2D eigenvalue weighted by molar-refractivity contribution is -0.156. The van der Waals surface area contributed by atoms with E-state index in [1.807, 2.05) is 6.92 Å². The summed E-state index contributed by atoms with van der Waals surface area (Å²) in [4.78, 5) is 11.7. The van der Waals surface area contributed by atoms with E-state index in [9.17, 15) is 9.18 Å². The summed E-state index contributed by atoms with van der Waals surface area (Å²) in [7, 11) is 0. The molecule has 0 fully saturated rings. The van der Waals surface area contributed by atoms with E-state index in [4.69, 9.17) is 4.74 Å². The fourth-order valence-electron chi connectivity index (χ4n) is 1.95. The third kappa shape index (κ3) is 5.41. The van der Waals surface area contributed by atoms with Gasteiger partial charge in [0.1, 0.15) is 6.10 Å². The molecule has 2 atom stereocenters. The third-order valence-electron chi connectivity index (χ3n) is 3.17. The van der Waals surface area contributed by atoms with Crippen molar-refractivity contribution in [2.45, 2.75) is 58.2 Å². The van der Waals surface area contributed by atoms with Crippen LogP contribution in [0.4, 0.5) is 4.39 Å². The van der Waals surface area contributed by atoms with Crippen LogP contribution in [0.5, 0.6) is 0 Å². The van der Waals surface area contributed by atoms with Gasteiger partial charge >= 0.3 is 5.97 Å². The van der Waals surface area contributed by atoms with Gasteiger partial charge in [-0.15, -0.1) is 0 Å². The summed E-state index contributed by atoms with van der Waals surface area (Å²) < 4.78 is 19.2. The molecule has 19 heavy (non-hydrogen) atoms. The third-order valence-corrected chi connectivity index (χ3v) is 3.17. The Kier molecular flexibility index (Phi) is 7.16. The van der Waals surface area contributed by atoms with Gasteiger partial charge in [0.25, 0.3) is 0 Å². The second kappa shape index (κ2) is 8.68. The van der Waals surface area contributed by atoms with Crippen LogP contribution in [0.15, 0.2) is 30.3 Å². The summed E-state index contributed by atoms with van der Waals surface area (Å²) in [6, 6.07) is 8.43. The van der Waals surface area contributed by atoms with Crippen LogP contribution < -0.4 is 0 Å². The molecule has 0 bridgehead atoms. The zero-order valence-corrected chi connectivity index (χ0v) is 11.8. The SMILES string of the molecule is CCCCCC(CC)OC(=O)C(F)c1ccccc1. The van der Waals surface area contributed by atoms with Crippen molar-refractivity contribution >= 4 is 5.97 Å². The Morgan fingerprint density at radius 3 is 2.47 bits per heavy atom. The monoisotopic (exact) mass is 266 g/mol. The number of carbonyl (C=O) groups excluding carboxylic acids is 1. The normalized spacial score (nSPS) is 13.8. The van der Waals surface area contributed by atoms with E-state index in [0.717, 1.165) is 32.1 Å². The number of hydrogen-bond acceptors (Lipinski definition) is 2. The highest BCUT2D eigenvalue weighted by Crippen LogP contribution is 2.21. The van der Waals surface area contributed by atoms with Crippen LogP contribution in [-0.4, -0.2) is 12.1 Å². The van der Waals surface area contributed by atoms with Gasteiger partial charge in [-0.25, -0.2) is 9.18 Å². The zero-order valence-electron chi connectivity index (χ0n) is 11.8. The summed E-state index contributed by atoms with van der Waals surface area (Å²) in [5, 5.41) is 0. The number of unbranched alkanes of at least 4 members (excludes halogenated alkanes) is 2. The van der Waals surface area contributed by atoms with Gasteiger partial charge in [-0.3, -0.25) is 0 Å². The molecule has 0 radical (unpaired) electrons. The fraction of sp³-hybridized carbons (Fsp3) is 0.562. The molecule has 0 aliphatic carbocycles. The Balaban J connectivity index is 2.48. The molecule has 0 spiro atoms. The molecular weight excluding hydrogens is 243 g/mol. The van der Waals surface area contributed by atoms with Gasteiger partial charge in [-0.1, -0.05) is 57.0 Å². The molecule has 0 aromatic heterocycles. The quantitative estimate of drug-likeness (QED) is 0.508. The average Bonchev–Trinajstić information content (AvgIpc) is 2.46. The molecule has 106 valence electrons. The highest BCUT2D eigenvalue weighted by atomic mass is 19.1. The van der Waals surface area contributed by atoms with E-state index in [1.165, 1.54) is 0 Å². The van der Waals surface area contributed by atoms with Gasteiger partial charge in [0.05, 0.1) is 0 Å². The number of benzene rings is 1. The van der Waals surface area contributed by atoms with Gasteiger partial charge < -0.3 is 4.74 Å². The number of esters is 1. The maximum atomic E-state index is 13.9. The Labute approximate surface area is 115 Å². The molecule has 2 nitrogen and oxygen atoms in total. The lowest BCUT2D eigenvalue weighted by Crippen LogP contribution is -2.21. The van der Waals surface area contributed by atoms with E-state index in [-0.39, 0.29) is 6.10 Å². The topological polar surface area (TPSA) is 26.3 Å². The Hall–Kier alpha value is -1.38. The Morgan fingerprint density at radius 2 is 1.89 bits per heavy atom. The van der Waals surface area contributed by atoms with Gasteiger partial charge in [-0.2, -0.15) is 0 Å². The summed E-state index contributed by atoms with van der Waals surface area (Å²) in [5.74, 6) is -0.769. The molecule has 1 aromatic rings. The molecule has 0 saturated heterocycles. The van der Waals surface area contributed by atoms with Gasteiger partial charge in [-0.05, 0) is 24.8 Å². The molecule has 0 N–H and O–H groups in total. The number of hydrogen-bond donors (Lipinski definition) is 0. The standard InChI is InChI=1S/C16H23FO2/c1-3-5-7-12-14(4-2)19-16(18)15(17)13-10-8-6-9-11-13/h6,8-11,14-15H,3-5,7,12H2,1-2H3. The van der Waals surface area contributed by atoms with Crippen LogP contribution in [0.1, 0.15) is 57.7 Å². The van der Waals surface area contributed by atoms with Crippen LogP contribution in [0.25, 0.3) is 0 Å². The maximum Gasteiger partial charge on any atom is 0.345 e. The molecule has 0 aliphatic rings. The number of rotatable bonds is 8. The van der Waals surface area contributed by atoms with E-state index in [0.29, 0.717) is 5.56 Å². The summed E-state index contributed by atoms with van der Waals surface area (Å²) in [5.41, 5.74) is 0.357. The smallest absolute Gasteiger partial charge is 0.345 e. The lowest BCUT2D eigenvalue weighted by Gasteiger charge is -2.17. The second-order valence-corrected chi connectivity index (χ2v) is 4.74. The van der Waals surface area contributed by atoms with Gasteiger partial charge in [0.2, 0.25) is 6.17 Å². The molecule has 0 aliphatic heterocycles. The molecule has 1 rings (SSSR count). The van der Waals surface area contributed by atoms with E-state index in [1.54, 1.807) is 30.3 Å². The number of carbonyl (C=O) groups is 1. The maximum absolute atomic E-state index is 13.9. The summed E-state index contributed by atoms with van der Waals surface area (Å²) >= 11 is 0. The Bertz CT molecular complexity index is 364. The minimum absolute atomic E-state index is 0.166. The average molecular weight is 266 g/mol. The number of ether oxygens (including phenoxy) is 1. The van der Waals surface area contributed by atoms with Crippen LogP contribution >= 0.6 is 0 Å². The van der Waals surface area contributed by atoms with Gasteiger partial charge in [0.15, 0.2) is 0 Å². The first-order valence-electron chi connectivity index (χ1n) is 7.08. The largest absolute Gasteiger partial charge is 0.460 e. The van der Waals surface area contributed by atoms with Crippen LogP contribution in [0.2, 0.25) is 0 Å². The van der Waals surface area contributed by atoms with Crippen LogP contribution in [0.3, 0.4) is 0 Å². The first-order valence-corrected chi connectivity index (χ1v) is 7.08. The molecular formula is C16H23FO2. The van der Waals surface area contributed by atoms with Crippen molar-refractivity contribution < 1.29 is 13.9 Å². The van der Waals surface area contributed by atoms with Crippen molar-refractivity contribution in [1.82, 2.24) is 0 Å². The molecule has 0 saturated carbocycles. The van der Waals surface area contributed by atoms with E-state index in [2.05, 4.69) is 6.92 Å². The van der Waals surface area contributed by atoms with Crippen molar-refractivity contribution in [3.05, 3.63) is 35.9 Å². The molecule has 1 aromatic carbocycles. The first kappa shape index (κ1) is 15.7. The Morgan fingerprint density at radius 1 is 1.21 bits per heavy atom. The highest BCUT2D eigenvalue weighted by molar-refractivity contribution is 5.76. The van der Waals surface area contributed by atoms with Crippen molar-refractivity contribution in [2.75, 3.05) is 0 Å². The fourth-order valence-corrected chi connectivity index (χ4v) is 1.95. The van der Waals surface area contributed by atoms with E-state index >= 15 is 0 Å². The highest BCUT2D eigenvalue weighted by Gasteiger charge is 2.23. The van der Waals surface area contributed by atoms with Gasteiger partial charge in [0, 0.05) is 0 Å². The molecule has 3 heteroatoms. The molecule has 0 heterocycles. The number of alkyl halides is 1. The second-order valence-electron chi connectivity index (χ2n) is 4.74. The number of halogens is 1. The molecule has 2 unspecified atom stereocenters. The summed E-state index contributed by atoms with van der Waals surface area (Å²) in [6.45, 7) is 4.08. The van der Waals surface area contributed by atoms with Crippen molar-refractivity contribution in [3.8, 4) is 0 Å². The minimum Gasteiger partial charge on any atom is -0.460 e. The van der Waals surface area contributed by atoms with Crippen LogP contribution in [-0.2, 0) is 9.53 Å². The van der Waals surface area contributed by atoms with Crippen LogP contribution in [0, 0.1) is 0 Å². The summed E-state index contributed by atoms with van der Waals surface area (Å²) in [6.07, 6.45) is 2.97. The minimum atomic E-state index is -1.68. The predicted octanol–water partition coefficient (Wildman–Crippen LogP) is 4.60.